The molecule has 1 atom stereocenters. The monoisotopic (exact) mass is 289 g/mol. The van der Waals surface area contributed by atoms with E-state index in [4.69, 9.17) is 9.66 Å². The minimum atomic E-state index is -4.71. The van der Waals surface area contributed by atoms with Crippen molar-refractivity contribution in [3.05, 3.63) is 35.4 Å². The molecule has 0 aliphatic carbocycles. The third-order valence-electron chi connectivity index (χ3n) is 2.44. The number of rotatable bonds is 6. The van der Waals surface area contributed by atoms with Gasteiger partial charge in [-0.3, -0.25) is 13.7 Å². The van der Waals surface area contributed by atoms with E-state index in [1.54, 1.807) is 0 Å². The summed E-state index contributed by atoms with van der Waals surface area (Å²) in [6.07, 6.45) is -0.654. The third-order valence-corrected chi connectivity index (χ3v) is 3.61. The van der Waals surface area contributed by atoms with Crippen molar-refractivity contribution in [1.29, 1.82) is 0 Å². The van der Waals surface area contributed by atoms with E-state index >= 15 is 0 Å². The number of ketones is 1. The molecule has 104 valence electrons. The molecule has 8 heteroatoms. The number of hydrogen-bond donors (Lipinski definition) is 2. The standard InChI is InChI=1S/C11H11FO6S/c12-6-5-9(19(16,17)18)10(13)7-1-3-8(4-2-7)11(14)15/h1-4,9H,5-6H2,(H,14,15)(H,16,17,18)/i12-1. The molecular weight excluding hydrogens is 278 g/mol. The van der Waals surface area contributed by atoms with Crippen molar-refractivity contribution < 1.29 is 32.1 Å². The summed E-state index contributed by atoms with van der Waals surface area (Å²) >= 11 is 0. The molecule has 1 unspecified atom stereocenters. The number of halogens is 1. The molecule has 0 saturated heterocycles. The molecular formula is C11H11FO6S. The molecule has 0 aliphatic rings. The van der Waals surface area contributed by atoms with E-state index in [0.29, 0.717) is 0 Å². The highest BCUT2D eigenvalue weighted by Crippen LogP contribution is 2.14. The molecule has 0 radical (unpaired) electrons. The van der Waals surface area contributed by atoms with E-state index in [-0.39, 0.29) is 11.1 Å². The lowest BCUT2D eigenvalue weighted by atomic mass is 10.0. The maximum Gasteiger partial charge on any atom is 0.335 e. The molecule has 1 rings (SSSR count). The summed E-state index contributed by atoms with van der Waals surface area (Å²) in [4.78, 5) is 22.4. The molecule has 0 bridgehead atoms. The van der Waals surface area contributed by atoms with Crippen LogP contribution in [-0.2, 0) is 10.1 Å². The topological polar surface area (TPSA) is 109 Å². The van der Waals surface area contributed by atoms with Gasteiger partial charge in [0.25, 0.3) is 10.1 Å². The minimum Gasteiger partial charge on any atom is -0.478 e. The quantitative estimate of drug-likeness (QED) is 0.601. The summed E-state index contributed by atoms with van der Waals surface area (Å²) in [5.74, 6) is -2.17. The lowest BCUT2D eigenvalue weighted by Gasteiger charge is -2.11. The van der Waals surface area contributed by atoms with Crippen molar-refractivity contribution in [3.63, 3.8) is 0 Å². The molecule has 2 N–H and O–H groups in total. The highest BCUT2D eigenvalue weighted by Gasteiger charge is 2.31. The van der Waals surface area contributed by atoms with Gasteiger partial charge < -0.3 is 5.11 Å². The second kappa shape index (κ2) is 5.89. The van der Waals surface area contributed by atoms with E-state index in [0.717, 1.165) is 24.3 Å². The number of hydrogen-bond acceptors (Lipinski definition) is 4. The van der Waals surface area contributed by atoms with Gasteiger partial charge in [-0.1, -0.05) is 12.1 Å². The summed E-state index contributed by atoms with van der Waals surface area (Å²) in [5, 5.41) is 6.79. The minimum absolute atomic E-state index is 0.0783. The Morgan fingerprint density at radius 1 is 1.16 bits per heavy atom. The molecule has 1 aromatic rings. The van der Waals surface area contributed by atoms with Crippen LogP contribution in [0, 0.1) is 0 Å². The van der Waals surface area contributed by atoms with Crippen LogP contribution in [0.4, 0.5) is 4.39 Å². The molecule has 0 heterocycles. The fourth-order valence-electron chi connectivity index (χ4n) is 1.48. The Labute approximate surface area is 108 Å². The lowest BCUT2D eigenvalue weighted by molar-refractivity contribution is 0.0696. The Balaban J connectivity index is 3.07. The van der Waals surface area contributed by atoms with Crippen LogP contribution in [0.15, 0.2) is 24.3 Å². The van der Waals surface area contributed by atoms with E-state index < -0.39 is 40.2 Å². The number of carboxylic acid groups (broad SMARTS) is 1. The first kappa shape index (κ1) is 15.3. The van der Waals surface area contributed by atoms with Gasteiger partial charge in [0.15, 0.2) is 11.0 Å². The van der Waals surface area contributed by atoms with Gasteiger partial charge in [-0.2, -0.15) is 8.42 Å². The van der Waals surface area contributed by atoms with E-state index in [2.05, 4.69) is 0 Å². The predicted molar refractivity (Wildman–Crippen MR) is 63.7 cm³/mol. The first-order valence-electron chi connectivity index (χ1n) is 5.17. The Kier molecular flexibility index (Phi) is 4.73. The summed E-state index contributed by atoms with van der Waals surface area (Å²) in [7, 11) is -4.71. The van der Waals surface area contributed by atoms with Gasteiger partial charge in [-0.25, -0.2) is 4.79 Å². The van der Waals surface area contributed by atoms with Crippen molar-refractivity contribution in [2.45, 2.75) is 11.7 Å². The van der Waals surface area contributed by atoms with Crippen LogP contribution in [0.3, 0.4) is 0 Å². The van der Waals surface area contributed by atoms with Crippen molar-refractivity contribution in [2.24, 2.45) is 0 Å². The molecule has 0 aromatic heterocycles. The van der Waals surface area contributed by atoms with Crippen LogP contribution in [0.25, 0.3) is 0 Å². The summed E-state index contributed by atoms with van der Waals surface area (Å²) in [6, 6.07) is 4.46. The molecule has 0 amide bonds. The predicted octanol–water partition coefficient (Wildman–Crippen LogP) is 1.18. The first-order chi connectivity index (χ1) is 8.77. The zero-order valence-electron chi connectivity index (χ0n) is 9.61. The SMILES string of the molecule is O=C(O)c1ccc(C(=O)C(CC[18F])S(=O)(=O)O)cc1. The van der Waals surface area contributed by atoms with E-state index in [1.807, 2.05) is 0 Å². The Morgan fingerprint density at radius 2 is 1.63 bits per heavy atom. The zero-order valence-corrected chi connectivity index (χ0v) is 10.4. The second-order valence-electron chi connectivity index (χ2n) is 3.73. The van der Waals surface area contributed by atoms with Crippen LogP contribution in [0.1, 0.15) is 27.1 Å². The molecule has 19 heavy (non-hydrogen) atoms. The summed E-state index contributed by atoms with van der Waals surface area (Å²) < 4.78 is 43.1. The third kappa shape index (κ3) is 3.83. The normalized spacial score (nSPS) is 12.9. The number of Topliss-reactive ketones (excluding diaryl/α,β-unsaturated/α-hetero) is 1. The van der Waals surface area contributed by atoms with Gasteiger partial charge in [-0.05, 0) is 12.1 Å². The van der Waals surface area contributed by atoms with Gasteiger partial charge >= 0.3 is 5.97 Å². The molecule has 0 saturated carbocycles. The van der Waals surface area contributed by atoms with Gasteiger partial charge in [0.1, 0.15) is 0 Å². The average Bonchev–Trinajstić information content (AvgIpc) is 2.34. The number of carbonyl (C=O) groups excluding carboxylic acids is 1. The van der Waals surface area contributed by atoms with Crippen molar-refractivity contribution in [1.82, 2.24) is 0 Å². The molecule has 0 spiro atoms. The number of carboxylic acids is 1. The van der Waals surface area contributed by atoms with Crippen LogP contribution in [0.2, 0.25) is 0 Å². The Morgan fingerprint density at radius 3 is 2.00 bits per heavy atom. The number of carbonyl (C=O) groups is 2. The Bertz CT molecular complexity index is 578. The van der Waals surface area contributed by atoms with Gasteiger partial charge in [0.05, 0.1) is 12.2 Å². The van der Waals surface area contributed by atoms with Crippen molar-refractivity contribution >= 4 is 21.9 Å². The second-order valence-corrected chi connectivity index (χ2v) is 5.33. The fraction of sp³-hybridized carbons (Fsp3) is 0.273. The number of aromatic carboxylic acids is 1. The van der Waals surface area contributed by atoms with Gasteiger partial charge in [0.2, 0.25) is 0 Å². The van der Waals surface area contributed by atoms with Crippen LogP contribution in [-0.4, -0.2) is 41.8 Å². The summed E-state index contributed by atoms with van der Waals surface area (Å²) in [6.45, 7) is -1.08. The van der Waals surface area contributed by atoms with Crippen LogP contribution in [0.5, 0.6) is 0 Å². The maximum absolute atomic E-state index is 12.2. The highest BCUT2D eigenvalue weighted by atomic mass is 32.2. The average molecular weight is 289 g/mol. The van der Waals surface area contributed by atoms with E-state index in [1.165, 1.54) is 0 Å². The number of benzene rings is 1. The lowest BCUT2D eigenvalue weighted by Crippen LogP contribution is -2.30. The van der Waals surface area contributed by atoms with Crippen molar-refractivity contribution in [2.75, 3.05) is 6.67 Å². The van der Waals surface area contributed by atoms with Crippen molar-refractivity contribution in [3.8, 4) is 0 Å². The molecule has 0 aliphatic heterocycles. The summed E-state index contributed by atoms with van der Waals surface area (Å²) in [5.41, 5.74) is -0.188. The van der Waals surface area contributed by atoms with Crippen LogP contribution < -0.4 is 0 Å². The van der Waals surface area contributed by atoms with Crippen LogP contribution >= 0.6 is 0 Å². The first-order valence-corrected chi connectivity index (χ1v) is 6.67. The number of alkyl halides is 1. The highest BCUT2D eigenvalue weighted by molar-refractivity contribution is 7.87. The molecule has 1 aromatic carbocycles. The largest absolute Gasteiger partial charge is 0.478 e. The van der Waals surface area contributed by atoms with E-state index in [9.17, 15) is 22.4 Å². The molecule has 6 nitrogen and oxygen atoms in total. The van der Waals surface area contributed by atoms with Gasteiger partial charge in [0, 0.05) is 12.0 Å². The smallest absolute Gasteiger partial charge is 0.335 e. The molecule has 0 fully saturated rings. The fourth-order valence-corrected chi connectivity index (χ4v) is 2.27. The van der Waals surface area contributed by atoms with Gasteiger partial charge in [-0.15, -0.1) is 0 Å². The maximum atomic E-state index is 12.2. The zero-order chi connectivity index (χ0) is 14.6. The Hall–Kier alpha value is -1.80.